The van der Waals surface area contributed by atoms with Crippen LogP contribution in [0.5, 0.6) is 11.5 Å². The maximum absolute atomic E-state index is 15.0. The van der Waals surface area contributed by atoms with Gasteiger partial charge in [-0.1, -0.05) is 6.07 Å². The first-order valence-corrected chi connectivity index (χ1v) is 14.2. The molecule has 0 spiro atoms. The summed E-state index contributed by atoms with van der Waals surface area (Å²) < 4.78 is 99.6. The first kappa shape index (κ1) is 28.8. The number of nitrogens with one attached hydrogen (secondary N) is 2. The van der Waals surface area contributed by atoms with Crippen LogP contribution in [0.15, 0.2) is 36.4 Å². The summed E-state index contributed by atoms with van der Waals surface area (Å²) >= 11 is 0. The Morgan fingerprint density at radius 1 is 1.11 bits per heavy atom. The summed E-state index contributed by atoms with van der Waals surface area (Å²) in [5, 5.41) is 10.5. The van der Waals surface area contributed by atoms with Gasteiger partial charge in [-0.15, -0.1) is 8.78 Å². The molecule has 2 bridgehead atoms. The molecule has 0 amide bonds. The molecule has 5 aliphatic rings. The quantitative estimate of drug-likeness (QED) is 0.227. The Labute approximate surface area is 247 Å². The number of hydrogen-bond acceptors (Lipinski definition) is 7. The highest BCUT2D eigenvalue weighted by atomic mass is 19.4. The van der Waals surface area contributed by atoms with Gasteiger partial charge in [-0.3, -0.25) is 4.79 Å². The van der Waals surface area contributed by atoms with Gasteiger partial charge in [0.15, 0.2) is 17.2 Å². The number of carbonyl (C=O) groups excluding carboxylic acids is 1. The molecule has 2 heterocycles. The van der Waals surface area contributed by atoms with E-state index in [4.69, 9.17) is 4.74 Å². The monoisotopic (exact) mass is 622 g/mol. The summed E-state index contributed by atoms with van der Waals surface area (Å²) in [5.74, 6) is -1.24. The molecule has 2 N–H and O–H groups in total. The van der Waals surface area contributed by atoms with Gasteiger partial charge >= 0.3 is 18.4 Å². The molecule has 1 aromatic heterocycles. The van der Waals surface area contributed by atoms with E-state index in [2.05, 4.69) is 25.2 Å². The summed E-state index contributed by atoms with van der Waals surface area (Å²) in [7, 11) is 1.34. The highest BCUT2D eigenvalue weighted by molar-refractivity contribution is 5.82. The number of fused-ring (bicyclic) bond motifs is 2. The van der Waals surface area contributed by atoms with Gasteiger partial charge in [0.05, 0.1) is 35.6 Å². The number of hydrogen-bond donors (Lipinski definition) is 2. The zero-order valence-corrected chi connectivity index (χ0v) is 23.7. The number of methoxy groups -OCH3 is 1. The number of aromatic nitrogens is 2. The second-order valence-electron chi connectivity index (χ2n) is 12.2. The lowest BCUT2D eigenvalue weighted by atomic mass is 9.39. The van der Waals surface area contributed by atoms with Gasteiger partial charge in [0, 0.05) is 17.1 Å². The molecular weight excluding hydrogens is 594 g/mol. The van der Waals surface area contributed by atoms with Crippen molar-refractivity contribution in [2.75, 3.05) is 12.4 Å². The van der Waals surface area contributed by atoms with Crippen molar-refractivity contribution in [1.29, 1.82) is 0 Å². The van der Waals surface area contributed by atoms with Crippen molar-refractivity contribution in [2.24, 2.45) is 5.41 Å². The average molecular weight is 623 g/mol. The molecule has 3 aromatic rings. The van der Waals surface area contributed by atoms with E-state index in [1.165, 1.54) is 42.1 Å². The van der Waals surface area contributed by atoms with Crippen LogP contribution in [0.25, 0.3) is 5.69 Å². The average Bonchev–Trinajstić information content (AvgIpc) is 3.47. The summed E-state index contributed by atoms with van der Waals surface area (Å²) in [4.78, 5) is 12.2. The van der Waals surface area contributed by atoms with E-state index in [-0.39, 0.29) is 46.4 Å². The second kappa shape index (κ2) is 9.53. The van der Waals surface area contributed by atoms with Crippen molar-refractivity contribution in [2.45, 2.75) is 75.5 Å². The third kappa shape index (κ3) is 4.56. The van der Waals surface area contributed by atoms with Gasteiger partial charge in [-0.2, -0.15) is 18.3 Å². The van der Waals surface area contributed by atoms with Crippen molar-refractivity contribution in [3.8, 4) is 17.2 Å². The van der Waals surface area contributed by atoms with Crippen LogP contribution >= 0.6 is 0 Å². The molecule has 3 fully saturated rings. The molecule has 234 valence electrons. The number of carbonyl (C=O) groups is 1. The number of halogens is 6. The molecular formula is C30H28F6N4O4. The molecule has 2 aromatic carbocycles. The predicted molar refractivity (Wildman–Crippen MR) is 143 cm³/mol. The third-order valence-electron chi connectivity index (χ3n) is 9.16. The summed E-state index contributed by atoms with van der Waals surface area (Å²) in [5.41, 5.74) is -0.719. The number of benzene rings is 2. The van der Waals surface area contributed by atoms with Crippen LogP contribution in [-0.2, 0) is 22.1 Å². The lowest BCUT2D eigenvalue weighted by molar-refractivity contribution is -0.286. The third-order valence-corrected chi connectivity index (χ3v) is 9.16. The number of ether oxygens (including phenoxy) is 3. The molecule has 0 unspecified atom stereocenters. The lowest BCUT2D eigenvalue weighted by Crippen LogP contribution is -2.76. The Balaban J connectivity index is 1.19. The molecule has 44 heavy (non-hydrogen) atoms. The smallest absolute Gasteiger partial charge is 0.469 e. The minimum absolute atomic E-state index is 0.0180. The van der Waals surface area contributed by atoms with E-state index in [0.717, 1.165) is 6.07 Å². The molecule has 8 nitrogen and oxygen atoms in total. The number of anilines is 1. The lowest BCUT2D eigenvalue weighted by Gasteiger charge is -2.69. The van der Waals surface area contributed by atoms with Crippen molar-refractivity contribution >= 4 is 11.7 Å². The van der Waals surface area contributed by atoms with Gasteiger partial charge in [0.25, 0.3) is 0 Å². The zero-order chi connectivity index (χ0) is 31.2. The van der Waals surface area contributed by atoms with Crippen LogP contribution < -0.4 is 20.1 Å². The van der Waals surface area contributed by atoms with Crippen molar-refractivity contribution in [3.05, 3.63) is 64.7 Å². The zero-order valence-electron chi connectivity index (χ0n) is 23.7. The summed E-state index contributed by atoms with van der Waals surface area (Å²) in [6.07, 6.45) is -5.55. The normalized spacial score (nSPS) is 26.7. The predicted octanol–water partition coefficient (Wildman–Crippen LogP) is 6.59. The summed E-state index contributed by atoms with van der Waals surface area (Å²) in [6, 6.07) is 6.98. The maximum atomic E-state index is 15.0. The fourth-order valence-corrected chi connectivity index (χ4v) is 7.30. The molecule has 0 saturated heterocycles. The molecule has 3 saturated carbocycles. The molecule has 8 rings (SSSR count). The van der Waals surface area contributed by atoms with Crippen LogP contribution in [0, 0.1) is 11.2 Å². The standard InChI is InChI=1S/C30H28F6N4O4/c1-15(16-6-9-22-23(10-16)44-30(35,36)43-22)37-21-11-17(7-8-19(21)31)40-24-18(25(39-40)29(32,33)34)4-3-5-20(24)38-28-12-27(13-28,14-28)26(41)42-2/h6-11,15,20,37-38H,3-5,12-14H2,1-2H3/t15-,20+,27?,28?/m0/s1. The van der Waals surface area contributed by atoms with Crippen molar-refractivity contribution in [1.82, 2.24) is 15.1 Å². The van der Waals surface area contributed by atoms with E-state index in [1.54, 1.807) is 6.92 Å². The van der Waals surface area contributed by atoms with Crippen LogP contribution in [0.2, 0.25) is 0 Å². The van der Waals surface area contributed by atoms with E-state index in [0.29, 0.717) is 43.4 Å². The molecule has 2 atom stereocenters. The van der Waals surface area contributed by atoms with Crippen LogP contribution in [0.3, 0.4) is 0 Å². The minimum atomic E-state index is -4.70. The topological polar surface area (TPSA) is 86.6 Å². The Kier molecular flexibility index (Phi) is 6.24. The minimum Gasteiger partial charge on any atom is -0.469 e. The fourth-order valence-electron chi connectivity index (χ4n) is 7.30. The SMILES string of the molecule is COC(=O)C12CC(N[C@@H]3CCCc4c(C(F)(F)F)nn(-c5ccc(F)c(N[C@@H](C)c6ccc7c(c6)OC(F)(F)O7)c5)c43)(C1)C2. The van der Waals surface area contributed by atoms with E-state index >= 15 is 4.39 Å². The van der Waals surface area contributed by atoms with Gasteiger partial charge in [-0.05, 0) is 81.3 Å². The van der Waals surface area contributed by atoms with Gasteiger partial charge in [0.1, 0.15) is 5.82 Å². The Morgan fingerprint density at radius 3 is 2.55 bits per heavy atom. The number of nitrogens with zero attached hydrogens (tertiary/aromatic N) is 2. The maximum Gasteiger partial charge on any atom is 0.586 e. The molecule has 4 aliphatic carbocycles. The Hall–Kier alpha value is -3.94. The van der Waals surface area contributed by atoms with E-state index in [1.807, 2.05) is 0 Å². The van der Waals surface area contributed by atoms with Crippen molar-refractivity contribution < 1.29 is 45.3 Å². The Bertz CT molecular complexity index is 1650. The largest absolute Gasteiger partial charge is 0.586 e. The molecule has 1 aliphatic heterocycles. The van der Waals surface area contributed by atoms with E-state index in [9.17, 15) is 26.7 Å². The van der Waals surface area contributed by atoms with Gasteiger partial charge in [0.2, 0.25) is 0 Å². The molecule has 14 heteroatoms. The van der Waals surface area contributed by atoms with E-state index < -0.39 is 41.5 Å². The number of esters is 1. The highest BCUT2D eigenvalue weighted by Crippen LogP contribution is 2.68. The highest BCUT2D eigenvalue weighted by Gasteiger charge is 2.72. The fraction of sp³-hybridized carbons (Fsp3) is 0.467. The number of rotatable bonds is 7. The van der Waals surface area contributed by atoms with Crippen LogP contribution in [0.4, 0.5) is 32.0 Å². The van der Waals surface area contributed by atoms with Crippen LogP contribution in [0.1, 0.15) is 73.6 Å². The van der Waals surface area contributed by atoms with Crippen LogP contribution in [-0.4, -0.2) is 34.7 Å². The van der Waals surface area contributed by atoms with Gasteiger partial charge < -0.3 is 24.8 Å². The van der Waals surface area contributed by atoms with Gasteiger partial charge in [-0.25, -0.2) is 9.07 Å². The first-order valence-electron chi connectivity index (χ1n) is 14.2. The molecule has 0 radical (unpaired) electrons. The summed E-state index contributed by atoms with van der Waals surface area (Å²) in [6.45, 7) is 1.67. The van der Waals surface area contributed by atoms with Crippen molar-refractivity contribution in [3.63, 3.8) is 0 Å². The Morgan fingerprint density at radius 2 is 1.84 bits per heavy atom. The number of alkyl halides is 5. The first-order chi connectivity index (χ1) is 20.7. The second-order valence-corrected chi connectivity index (χ2v) is 12.2.